The van der Waals surface area contributed by atoms with Crippen LogP contribution < -0.4 is 20.3 Å². The summed E-state index contributed by atoms with van der Waals surface area (Å²) in [5.41, 5.74) is 2.05. The molecule has 0 unspecified atom stereocenters. The Morgan fingerprint density at radius 1 is 1.00 bits per heavy atom. The van der Waals surface area contributed by atoms with E-state index in [1.165, 1.54) is 12.1 Å². The number of ether oxygens (including phenoxy) is 1. The molecule has 1 aliphatic rings. The Balaban J connectivity index is 1.31. The van der Waals surface area contributed by atoms with Gasteiger partial charge in [0.1, 0.15) is 11.6 Å². The number of anilines is 1. The van der Waals surface area contributed by atoms with E-state index in [0.717, 1.165) is 48.1 Å². The Kier molecular flexibility index (Phi) is 9.14. The molecular formula is C28H33FN4O3S. The second-order valence-electron chi connectivity index (χ2n) is 9.08. The van der Waals surface area contributed by atoms with Crippen LogP contribution in [0.5, 0.6) is 5.75 Å². The fourth-order valence-electron chi connectivity index (χ4n) is 4.66. The Hall–Kier alpha value is -3.43. The second kappa shape index (κ2) is 12.7. The number of carbonyl (C=O) groups is 2. The number of amides is 2. The van der Waals surface area contributed by atoms with E-state index in [1.807, 2.05) is 42.6 Å². The van der Waals surface area contributed by atoms with Crippen molar-refractivity contribution in [3.05, 3.63) is 82.3 Å². The van der Waals surface area contributed by atoms with Crippen molar-refractivity contribution in [2.75, 3.05) is 44.7 Å². The number of thiophene rings is 1. The van der Waals surface area contributed by atoms with Crippen molar-refractivity contribution in [3.8, 4) is 5.75 Å². The van der Waals surface area contributed by atoms with E-state index in [2.05, 4.69) is 26.5 Å². The molecule has 2 aromatic carbocycles. The zero-order valence-electron chi connectivity index (χ0n) is 21.2. The quantitative estimate of drug-likeness (QED) is 0.419. The second-order valence-corrected chi connectivity index (χ2v) is 10.1. The number of halogens is 1. The number of piperazine rings is 1. The Morgan fingerprint density at radius 2 is 1.70 bits per heavy atom. The minimum Gasteiger partial charge on any atom is -0.497 e. The van der Waals surface area contributed by atoms with E-state index in [-0.39, 0.29) is 17.9 Å². The van der Waals surface area contributed by atoms with Gasteiger partial charge >= 0.3 is 11.8 Å². The SMILES string of the molecule is COc1ccc(CCNC(=O)C(=O)N[C@H](C)[C@@H](c2cccs2)N2CCN(c3ccc(F)cc3)CC2)cc1. The van der Waals surface area contributed by atoms with Gasteiger partial charge in [0.2, 0.25) is 0 Å². The van der Waals surface area contributed by atoms with Gasteiger partial charge in [0.25, 0.3) is 0 Å². The lowest BCUT2D eigenvalue weighted by atomic mass is 10.0. The van der Waals surface area contributed by atoms with E-state index in [9.17, 15) is 14.0 Å². The molecule has 4 rings (SSSR count). The Labute approximate surface area is 221 Å². The van der Waals surface area contributed by atoms with Gasteiger partial charge in [-0.2, -0.15) is 0 Å². The van der Waals surface area contributed by atoms with Gasteiger partial charge in [0, 0.05) is 49.3 Å². The van der Waals surface area contributed by atoms with Crippen LogP contribution in [0.3, 0.4) is 0 Å². The summed E-state index contributed by atoms with van der Waals surface area (Å²) in [6.07, 6.45) is 0.620. The fraction of sp³-hybridized carbons (Fsp3) is 0.357. The molecule has 0 radical (unpaired) electrons. The van der Waals surface area contributed by atoms with E-state index in [1.54, 1.807) is 30.6 Å². The number of rotatable bonds is 9. The topological polar surface area (TPSA) is 73.9 Å². The number of hydrogen-bond acceptors (Lipinski definition) is 6. The molecule has 2 N–H and O–H groups in total. The van der Waals surface area contributed by atoms with Gasteiger partial charge in [-0.05, 0) is 66.8 Å². The standard InChI is InChI=1S/C28H33FN4O3S/c1-20(31-28(35)27(34)30-14-13-21-5-11-24(36-2)12-6-21)26(25-4-3-19-37-25)33-17-15-32(16-18-33)23-9-7-22(29)8-10-23/h3-12,19-20,26H,13-18H2,1-2H3,(H,30,34)(H,31,35)/t20-,26+/m1/s1. The molecular weight excluding hydrogens is 491 g/mol. The number of nitrogens with zero attached hydrogens (tertiary/aromatic N) is 2. The molecule has 0 aliphatic carbocycles. The van der Waals surface area contributed by atoms with Crippen LogP contribution in [0.2, 0.25) is 0 Å². The van der Waals surface area contributed by atoms with Gasteiger partial charge in [0.15, 0.2) is 0 Å². The van der Waals surface area contributed by atoms with E-state index in [0.29, 0.717) is 13.0 Å². The van der Waals surface area contributed by atoms with Gasteiger partial charge in [-0.25, -0.2) is 4.39 Å². The van der Waals surface area contributed by atoms with Crippen molar-refractivity contribution >= 4 is 28.8 Å². The molecule has 7 nitrogen and oxygen atoms in total. The van der Waals surface area contributed by atoms with Crippen LogP contribution in [0.4, 0.5) is 10.1 Å². The highest BCUT2D eigenvalue weighted by Gasteiger charge is 2.32. The van der Waals surface area contributed by atoms with Crippen LogP contribution in [0.1, 0.15) is 23.4 Å². The molecule has 2 heterocycles. The average molecular weight is 525 g/mol. The van der Waals surface area contributed by atoms with Crippen molar-refractivity contribution < 1.29 is 18.7 Å². The van der Waals surface area contributed by atoms with Gasteiger partial charge in [-0.1, -0.05) is 18.2 Å². The highest BCUT2D eigenvalue weighted by atomic mass is 32.1. The summed E-state index contributed by atoms with van der Waals surface area (Å²) < 4.78 is 18.5. The molecule has 196 valence electrons. The lowest BCUT2D eigenvalue weighted by molar-refractivity contribution is -0.139. The third kappa shape index (κ3) is 7.08. The van der Waals surface area contributed by atoms with Crippen LogP contribution in [-0.2, 0) is 16.0 Å². The van der Waals surface area contributed by atoms with Gasteiger partial charge in [0.05, 0.1) is 13.2 Å². The maximum absolute atomic E-state index is 13.3. The maximum atomic E-state index is 13.3. The molecule has 0 bridgehead atoms. The van der Waals surface area contributed by atoms with E-state index < -0.39 is 11.8 Å². The molecule has 2 amide bonds. The highest BCUT2D eigenvalue weighted by molar-refractivity contribution is 7.10. The monoisotopic (exact) mass is 524 g/mol. The van der Waals surface area contributed by atoms with Crippen LogP contribution >= 0.6 is 11.3 Å². The van der Waals surface area contributed by atoms with Gasteiger partial charge in [-0.3, -0.25) is 14.5 Å². The average Bonchev–Trinajstić information content (AvgIpc) is 3.44. The number of hydrogen-bond donors (Lipinski definition) is 2. The summed E-state index contributed by atoms with van der Waals surface area (Å²) in [4.78, 5) is 30.9. The molecule has 37 heavy (non-hydrogen) atoms. The maximum Gasteiger partial charge on any atom is 0.309 e. The predicted octanol–water partition coefficient (Wildman–Crippen LogP) is 3.62. The minimum atomic E-state index is -0.633. The minimum absolute atomic E-state index is 0.0496. The summed E-state index contributed by atoms with van der Waals surface area (Å²) in [5, 5.41) is 7.67. The lowest BCUT2D eigenvalue weighted by Crippen LogP contribution is -2.53. The summed E-state index contributed by atoms with van der Waals surface area (Å²) >= 11 is 1.64. The first-order chi connectivity index (χ1) is 17.9. The van der Waals surface area contributed by atoms with Gasteiger partial charge < -0.3 is 20.3 Å². The van der Waals surface area contributed by atoms with Crippen molar-refractivity contribution in [2.45, 2.75) is 25.4 Å². The summed E-state index contributed by atoms with van der Waals surface area (Å²) in [6.45, 7) is 5.47. The number of methoxy groups -OCH3 is 1. The molecule has 1 fully saturated rings. The van der Waals surface area contributed by atoms with Gasteiger partial charge in [-0.15, -0.1) is 11.3 Å². The van der Waals surface area contributed by atoms with Crippen LogP contribution in [0, 0.1) is 5.82 Å². The predicted molar refractivity (Wildman–Crippen MR) is 145 cm³/mol. The number of carbonyl (C=O) groups excluding carboxylic acids is 2. The Bertz CT molecular complexity index is 1150. The Morgan fingerprint density at radius 3 is 2.32 bits per heavy atom. The number of benzene rings is 2. The smallest absolute Gasteiger partial charge is 0.309 e. The van der Waals surface area contributed by atoms with Crippen molar-refractivity contribution in [2.24, 2.45) is 0 Å². The van der Waals surface area contributed by atoms with Crippen LogP contribution in [0.25, 0.3) is 0 Å². The number of nitrogens with one attached hydrogen (secondary N) is 2. The zero-order chi connectivity index (χ0) is 26.2. The molecule has 1 aromatic heterocycles. The summed E-state index contributed by atoms with van der Waals surface area (Å²) in [6, 6.07) is 17.9. The molecule has 2 atom stereocenters. The lowest BCUT2D eigenvalue weighted by Gasteiger charge is -2.42. The molecule has 3 aromatic rings. The normalized spacial score (nSPS) is 15.6. The first kappa shape index (κ1) is 26.6. The first-order valence-electron chi connectivity index (χ1n) is 12.4. The van der Waals surface area contributed by atoms with Crippen LogP contribution in [0.15, 0.2) is 66.0 Å². The van der Waals surface area contributed by atoms with Crippen molar-refractivity contribution in [3.63, 3.8) is 0 Å². The first-order valence-corrected chi connectivity index (χ1v) is 13.3. The molecule has 1 saturated heterocycles. The fourth-order valence-corrected chi connectivity index (χ4v) is 5.62. The molecule has 9 heteroatoms. The largest absolute Gasteiger partial charge is 0.497 e. The van der Waals surface area contributed by atoms with E-state index >= 15 is 0 Å². The van der Waals surface area contributed by atoms with Crippen LogP contribution in [-0.4, -0.2) is 62.6 Å². The summed E-state index contributed by atoms with van der Waals surface area (Å²) in [7, 11) is 1.62. The van der Waals surface area contributed by atoms with Crippen molar-refractivity contribution in [1.29, 1.82) is 0 Å². The zero-order valence-corrected chi connectivity index (χ0v) is 22.0. The molecule has 0 saturated carbocycles. The molecule has 0 spiro atoms. The molecule has 1 aliphatic heterocycles. The highest BCUT2D eigenvalue weighted by Crippen LogP contribution is 2.30. The van der Waals surface area contributed by atoms with Crippen molar-refractivity contribution in [1.82, 2.24) is 15.5 Å². The van der Waals surface area contributed by atoms with E-state index in [4.69, 9.17) is 4.74 Å². The third-order valence-corrected chi connectivity index (χ3v) is 7.57. The summed E-state index contributed by atoms with van der Waals surface area (Å²) in [5.74, 6) is -0.729. The third-order valence-electron chi connectivity index (χ3n) is 6.63.